The summed E-state index contributed by atoms with van der Waals surface area (Å²) in [6.45, 7) is 8.15. The standard InChI is InChI=1S/C20H14N4.4C9H10O2/c1-2-14-10-16-5-6-18(23-16)12-20-8-7-19(24-20)11-17-4-3-15(22-17)9-13(1)21-14;4*1-2-7-3-5-8(6-4-7)9(10)11/h1-12,21-22H;4*3-6H,2H2,1H3,(H,10,11). The molecule has 0 amide bonds. The summed E-state index contributed by atoms with van der Waals surface area (Å²) in [5.74, 6) is -3.47. The quantitative estimate of drug-likeness (QED) is 0.0850. The third-order valence-electron chi connectivity index (χ3n) is 10.5. The van der Waals surface area contributed by atoms with E-state index in [-0.39, 0.29) is 0 Å². The van der Waals surface area contributed by atoms with Crippen molar-refractivity contribution in [1.29, 1.82) is 0 Å². The molecule has 3 aromatic heterocycles. The zero-order valence-electron chi connectivity index (χ0n) is 38.3. The van der Waals surface area contributed by atoms with Gasteiger partial charge in [-0.15, -0.1) is 0 Å². The maximum Gasteiger partial charge on any atom is 0.335 e. The van der Waals surface area contributed by atoms with E-state index in [1.807, 2.05) is 119 Å². The lowest BCUT2D eigenvalue weighted by molar-refractivity contribution is 0.0686. The Morgan fingerprint density at radius 3 is 0.779 bits per heavy atom. The number of fused-ring (bicyclic) bond motifs is 8. The first-order valence-corrected chi connectivity index (χ1v) is 22.1. The van der Waals surface area contributed by atoms with Crippen molar-refractivity contribution in [2.45, 2.75) is 53.4 Å². The summed E-state index contributed by atoms with van der Waals surface area (Å²) in [4.78, 5) is 57.6. The molecule has 0 unspecified atom stereocenters. The number of carboxylic acids is 4. The zero-order valence-corrected chi connectivity index (χ0v) is 38.3. The van der Waals surface area contributed by atoms with Crippen molar-refractivity contribution < 1.29 is 39.6 Å². The summed E-state index contributed by atoms with van der Waals surface area (Å²) in [6, 6.07) is 44.1. The normalized spacial score (nSPS) is 10.6. The highest BCUT2D eigenvalue weighted by Crippen LogP contribution is 2.17. The van der Waals surface area contributed by atoms with Crippen LogP contribution in [0.1, 0.15) is 114 Å². The molecule has 12 nitrogen and oxygen atoms in total. The fraction of sp³-hybridized carbons (Fsp3) is 0.143. The predicted octanol–water partition coefficient (Wildman–Crippen LogP) is 12.4. The van der Waals surface area contributed by atoms with Crippen LogP contribution in [0.5, 0.6) is 0 Å². The van der Waals surface area contributed by atoms with Gasteiger partial charge in [-0.3, -0.25) is 0 Å². The van der Waals surface area contributed by atoms with E-state index in [1.54, 1.807) is 48.5 Å². The SMILES string of the molecule is C1=Cc2cc3ccc(cc4ccc(cc5nc(cc1n2)C=C5)[nH]4)[nH]3.CCc1ccc(C(=O)O)cc1.CCc1ccc(C(=O)O)cc1.CCc1ccc(C(=O)O)cc1.CCc1ccc(C(=O)O)cc1. The molecule has 8 bridgehead atoms. The van der Waals surface area contributed by atoms with Crippen LogP contribution in [0.4, 0.5) is 0 Å². The Kier molecular flexibility index (Phi) is 18.6. The molecule has 9 rings (SSSR count). The van der Waals surface area contributed by atoms with Gasteiger partial charge in [0.15, 0.2) is 0 Å². The first-order valence-electron chi connectivity index (χ1n) is 22.1. The molecule has 0 saturated heterocycles. The molecule has 0 saturated carbocycles. The molecule has 68 heavy (non-hydrogen) atoms. The Balaban J connectivity index is 0.000000169. The fourth-order valence-electron chi connectivity index (χ4n) is 6.48. The average Bonchev–Trinajstić information content (AvgIpc) is 4.20. The van der Waals surface area contributed by atoms with E-state index in [2.05, 4.69) is 50.3 Å². The number of aryl methyl sites for hydroxylation is 4. The van der Waals surface area contributed by atoms with E-state index in [9.17, 15) is 19.2 Å². The van der Waals surface area contributed by atoms with Crippen molar-refractivity contribution in [2.75, 3.05) is 0 Å². The Labute approximate surface area is 394 Å². The molecule has 0 atom stereocenters. The Bertz CT molecular complexity index is 2720. The molecule has 2 aliphatic heterocycles. The molecule has 12 heteroatoms. The zero-order chi connectivity index (χ0) is 49.0. The molecular weight excluding hydrogens is 857 g/mol. The smallest absolute Gasteiger partial charge is 0.335 e. The molecule has 0 aliphatic carbocycles. The Hall–Kier alpha value is -8.64. The van der Waals surface area contributed by atoms with Crippen LogP contribution in [-0.2, 0) is 25.7 Å². The van der Waals surface area contributed by atoms with Gasteiger partial charge in [-0.25, -0.2) is 29.1 Å². The summed E-state index contributed by atoms with van der Waals surface area (Å²) in [5, 5.41) is 34.2. The molecule has 6 N–H and O–H groups in total. The van der Waals surface area contributed by atoms with Gasteiger partial charge in [0.2, 0.25) is 0 Å². The second-order valence-electron chi connectivity index (χ2n) is 15.3. The molecule has 5 heterocycles. The number of aromatic carboxylic acids is 4. The summed E-state index contributed by atoms with van der Waals surface area (Å²) in [6.07, 6.45) is 11.8. The van der Waals surface area contributed by atoms with Crippen molar-refractivity contribution in [3.8, 4) is 0 Å². The molecule has 0 radical (unpaired) electrons. The van der Waals surface area contributed by atoms with Gasteiger partial charge in [-0.05, 0) is 169 Å². The minimum absolute atomic E-state index is 0.349. The Morgan fingerprint density at radius 2 is 0.559 bits per heavy atom. The average molecular weight is 911 g/mol. The number of benzene rings is 4. The number of carboxylic acid groups (broad SMARTS) is 4. The van der Waals surface area contributed by atoms with Crippen molar-refractivity contribution in [2.24, 2.45) is 0 Å². The number of carbonyl (C=O) groups is 4. The van der Waals surface area contributed by atoms with Crippen LogP contribution < -0.4 is 0 Å². The maximum absolute atomic E-state index is 10.4. The topological polar surface area (TPSA) is 207 Å². The number of hydrogen-bond donors (Lipinski definition) is 6. The first kappa shape index (κ1) is 50.4. The van der Waals surface area contributed by atoms with E-state index in [0.717, 1.165) is 92.8 Å². The third kappa shape index (κ3) is 15.8. The first-order chi connectivity index (χ1) is 32.7. The van der Waals surface area contributed by atoms with Crippen LogP contribution in [0.3, 0.4) is 0 Å². The van der Waals surface area contributed by atoms with Gasteiger partial charge in [-0.1, -0.05) is 76.2 Å². The van der Waals surface area contributed by atoms with Crippen molar-refractivity contribution in [1.82, 2.24) is 19.9 Å². The molecule has 346 valence electrons. The summed E-state index contributed by atoms with van der Waals surface area (Å²) in [5.41, 5.74) is 13.9. The number of nitrogens with one attached hydrogen (secondary N) is 2. The van der Waals surface area contributed by atoms with Gasteiger partial charge in [0.05, 0.1) is 45.0 Å². The van der Waals surface area contributed by atoms with Crippen molar-refractivity contribution in [3.63, 3.8) is 0 Å². The molecule has 4 aromatic carbocycles. The van der Waals surface area contributed by atoms with E-state index >= 15 is 0 Å². The van der Waals surface area contributed by atoms with Crippen LogP contribution in [0.15, 0.2) is 146 Å². The Morgan fingerprint density at radius 1 is 0.338 bits per heavy atom. The van der Waals surface area contributed by atoms with Gasteiger partial charge < -0.3 is 30.4 Å². The number of hydrogen-bond acceptors (Lipinski definition) is 6. The lowest BCUT2D eigenvalue weighted by Gasteiger charge is -1.96. The highest BCUT2D eigenvalue weighted by molar-refractivity contribution is 5.89. The lowest BCUT2D eigenvalue weighted by Crippen LogP contribution is -1.95. The van der Waals surface area contributed by atoms with Crippen LogP contribution >= 0.6 is 0 Å². The monoisotopic (exact) mass is 910 g/mol. The van der Waals surface area contributed by atoms with Gasteiger partial charge in [0.25, 0.3) is 0 Å². The number of H-pyrrole nitrogens is 2. The minimum atomic E-state index is -0.868. The molecule has 2 aliphatic rings. The summed E-state index contributed by atoms with van der Waals surface area (Å²) >= 11 is 0. The maximum atomic E-state index is 10.4. The van der Waals surface area contributed by atoms with E-state index < -0.39 is 23.9 Å². The highest BCUT2D eigenvalue weighted by Gasteiger charge is 2.05. The predicted molar refractivity (Wildman–Crippen MR) is 270 cm³/mol. The molecule has 0 spiro atoms. The van der Waals surface area contributed by atoms with Gasteiger partial charge in [0, 0.05) is 22.1 Å². The second-order valence-corrected chi connectivity index (χ2v) is 15.3. The molecule has 7 aromatic rings. The molecular formula is C56H54N4O8. The second kappa shape index (κ2) is 25.2. The highest BCUT2D eigenvalue weighted by atomic mass is 16.4. The van der Waals surface area contributed by atoms with Gasteiger partial charge in [0.1, 0.15) is 0 Å². The van der Waals surface area contributed by atoms with E-state index in [0.29, 0.717) is 22.3 Å². The fourth-order valence-corrected chi connectivity index (χ4v) is 6.48. The van der Waals surface area contributed by atoms with Gasteiger partial charge >= 0.3 is 23.9 Å². The van der Waals surface area contributed by atoms with Gasteiger partial charge in [-0.2, -0.15) is 0 Å². The van der Waals surface area contributed by atoms with Crippen LogP contribution in [0.2, 0.25) is 0 Å². The van der Waals surface area contributed by atoms with E-state index in [1.165, 1.54) is 0 Å². The third-order valence-corrected chi connectivity index (χ3v) is 10.5. The lowest BCUT2D eigenvalue weighted by atomic mass is 10.1. The summed E-state index contributed by atoms with van der Waals surface area (Å²) in [7, 11) is 0. The number of aromatic nitrogens is 4. The number of nitrogens with zero attached hydrogens (tertiary/aromatic N) is 2. The largest absolute Gasteiger partial charge is 0.478 e. The van der Waals surface area contributed by atoms with Crippen LogP contribution in [-0.4, -0.2) is 64.2 Å². The van der Waals surface area contributed by atoms with Crippen molar-refractivity contribution in [3.05, 3.63) is 213 Å². The van der Waals surface area contributed by atoms with Crippen LogP contribution in [0, 0.1) is 0 Å². The molecule has 0 fully saturated rings. The number of rotatable bonds is 8. The summed E-state index contributed by atoms with van der Waals surface area (Å²) < 4.78 is 0. The minimum Gasteiger partial charge on any atom is -0.478 e. The van der Waals surface area contributed by atoms with E-state index in [4.69, 9.17) is 20.4 Å². The number of aromatic amines is 2. The van der Waals surface area contributed by atoms with Crippen LogP contribution in [0.25, 0.3) is 46.4 Å². The van der Waals surface area contributed by atoms with Crippen molar-refractivity contribution >= 4 is 70.2 Å².